The number of rotatable bonds is 4. The second-order valence-corrected chi connectivity index (χ2v) is 4.61. The number of aliphatic carboxylic acids is 1. The quantitative estimate of drug-likeness (QED) is 0.707. The molecule has 1 aromatic carbocycles. The summed E-state index contributed by atoms with van der Waals surface area (Å²) in [5.41, 5.74) is 1.92. The lowest BCUT2D eigenvalue weighted by molar-refractivity contribution is -0.141. The first-order valence-corrected chi connectivity index (χ1v) is 5.96. The van der Waals surface area contributed by atoms with Gasteiger partial charge in [0.1, 0.15) is 0 Å². The summed E-state index contributed by atoms with van der Waals surface area (Å²) in [6.45, 7) is 0.289. The van der Waals surface area contributed by atoms with Crippen molar-refractivity contribution in [2.45, 2.75) is 12.5 Å². The van der Waals surface area contributed by atoms with E-state index >= 15 is 0 Å². The van der Waals surface area contributed by atoms with Gasteiger partial charge < -0.3 is 20.2 Å². The topological polar surface area (TPSA) is 81.0 Å². The van der Waals surface area contributed by atoms with Crippen molar-refractivity contribution in [2.24, 2.45) is 5.92 Å². The molecule has 1 aromatic rings. The third kappa shape index (κ3) is 2.63. The maximum absolute atomic E-state index is 11.1. The van der Waals surface area contributed by atoms with E-state index in [-0.39, 0.29) is 13.2 Å². The summed E-state index contributed by atoms with van der Waals surface area (Å²) in [5, 5.41) is 27.6. The number of fused-ring (bicyclic) bond motifs is 1. The van der Waals surface area contributed by atoms with Gasteiger partial charge in [0.2, 0.25) is 0 Å². The summed E-state index contributed by atoms with van der Waals surface area (Å²) >= 11 is 0. The Bertz CT molecular complexity index is 435. The van der Waals surface area contributed by atoms with E-state index in [0.29, 0.717) is 13.0 Å². The minimum absolute atomic E-state index is 0.247. The average molecular weight is 251 g/mol. The van der Waals surface area contributed by atoms with Crippen molar-refractivity contribution in [2.75, 3.05) is 24.6 Å². The molecule has 1 aliphatic heterocycles. The average Bonchev–Trinajstić information content (AvgIpc) is 2.38. The highest BCUT2D eigenvalue weighted by Gasteiger charge is 2.29. The molecule has 0 spiro atoms. The fourth-order valence-electron chi connectivity index (χ4n) is 2.34. The van der Waals surface area contributed by atoms with Gasteiger partial charge in [-0.05, 0) is 18.1 Å². The Morgan fingerprint density at radius 2 is 2.17 bits per heavy atom. The second-order valence-electron chi connectivity index (χ2n) is 4.61. The van der Waals surface area contributed by atoms with E-state index in [9.17, 15) is 9.90 Å². The molecule has 2 rings (SSSR count). The van der Waals surface area contributed by atoms with E-state index < -0.39 is 18.0 Å². The monoisotopic (exact) mass is 251 g/mol. The highest BCUT2D eigenvalue weighted by atomic mass is 16.4. The normalized spacial score (nSPS) is 20.3. The van der Waals surface area contributed by atoms with E-state index in [1.54, 1.807) is 0 Å². The number of carbonyl (C=O) groups is 1. The molecule has 18 heavy (non-hydrogen) atoms. The number of aliphatic hydroxyl groups is 2. The molecule has 0 saturated heterocycles. The molecule has 2 atom stereocenters. The number of hydrogen-bond acceptors (Lipinski definition) is 4. The highest BCUT2D eigenvalue weighted by Crippen LogP contribution is 2.29. The van der Waals surface area contributed by atoms with Crippen LogP contribution in [0.3, 0.4) is 0 Å². The van der Waals surface area contributed by atoms with Crippen molar-refractivity contribution in [3.05, 3.63) is 29.8 Å². The zero-order valence-corrected chi connectivity index (χ0v) is 9.99. The molecule has 98 valence electrons. The molecular formula is C13H17NO4. The number of nitrogens with zero attached hydrogens (tertiary/aromatic N) is 1. The predicted octanol–water partition coefficient (Wildman–Crippen LogP) is 0.103. The molecule has 0 aliphatic carbocycles. The van der Waals surface area contributed by atoms with Crippen LogP contribution in [0.1, 0.15) is 5.56 Å². The summed E-state index contributed by atoms with van der Waals surface area (Å²) in [6, 6.07) is 7.59. The van der Waals surface area contributed by atoms with Gasteiger partial charge in [-0.1, -0.05) is 18.2 Å². The van der Waals surface area contributed by atoms with Gasteiger partial charge in [-0.15, -0.1) is 0 Å². The number of aliphatic hydroxyl groups excluding tert-OH is 2. The molecule has 1 aliphatic rings. The Morgan fingerprint density at radius 1 is 1.44 bits per heavy atom. The molecule has 0 radical (unpaired) electrons. The molecule has 5 nitrogen and oxygen atoms in total. The fraction of sp³-hybridized carbons (Fsp3) is 0.462. The van der Waals surface area contributed by atoms with Gasteiger partial charge in [0, 0.05) is 18.8 Å². The van der Waals surface area contributed by atoms with E-state index in [0.717, 1.165) is 11.3 Å². The van der Waals surface area contributed by atoms with Gasteiger partial charge in [0.25, 0.3) is 0 Å². The smallest absolute Gasteiger partial charge is 0.308 e. The zero-order valence-electron chi connectivity index (χ0n) is 9.99. The summed E-state index contributed by atoms with van der Waals surface area (Å²) in [6.07, 6.45) is -0.345. The largest absolute Gasteiger partial charge is 0.481 e. The molecule has 0 saturated carbocycles. The third-order valence-electron chi connectivity index (χ3n) is 3.23. The van der Waals surface area contributed by atoms with Crippen LogP contribution in [0.5, 0.6) is 0 Å². The predicted molar refractivity (Wildman–Crippen MR) is 66.6 cm³/mol. The van der Waals surface area contributed by atoms with Gasteiger partial charge in [0.15, 0.2) is 0 Å². The minimum Gasteiger partial charge on any atom is -0.481 e. The number of β-amino-alcohol motifs (C(OH)–C–C–N with tert-alkyl or cyclic N) is 1. The van der Waals surface area contributed by atoms with Crippen molar-refractivity contribution in [3.63, 3.8) is 0 Å². The van der Waals surface area contributed by atoms with Crippen molar-refractivity contribution >= 4 is 11.7 Å². The lowest BCUT2D eigenvalue weighted by Gasteiger charge is -2.35. The second kappa shape index (κ2) is 5.37. The number of anilines is 1. The van der Waals surface area contributed by atoms with Gasteiger partial charge >= 0.3 is 5.97 Å². The van der Waals surface area contributed by atoms with Crippen LogP contribution in [0.25, 0.3) is 0 Å². The molecule has 2 unspecified atom stereocenters. The van der Waals surface area contributed by atoms with Crippen LogP contribution in [0.15, 0.2) is 24.3 Å². The van der Waals surface area contributed by atoms with Crippen LogP contribution in [0, 0.1) is 5.92 Å². The van der Waals surface area contributed by atoms with Crippen molar-refractivity contribution in [1.82, 2.24) is 0 Å². The molecule has 3 N–H and O–H groups in total. The Balaban J connectivity index is 2.24. The Kier molecular flexibility index (Phi) is 3.84. The first kappa shape index (κ1) is 12.9. The molecular weight excluding hydrogens is 234 g/mol. The number of hydrogen-bond donors (Lipinski definition) is 3. The minimum atomic E-state index is -0.856. The molecule has 0 fully saturated rings. The standard InChI is InChI=1S/C13H17NO4/c15-8-11(16)7-14-6-10(13(17)18)5-9-3-1-2-4-12(9)14/h1-4,10-11,15-16H,5-8H2,(H,17,18). The van der Waals surface area contributed by atoms with Crippen LogP contribution in [-0.4, -0.2) is 47.1 Å². The van der Waals surface area contributed by atoms with Gasteiger partial charge in [-0.25, -0.2) is 0 Å². The first-order valence-electron chi connectivity index (χ1n) is 5.96. The van der Waals surface area contributed by atoms with Crippen LogP contribution >= 0.6 is 0 Å². The first-order chi connectivity index (χ1) is 8.61. The summed E-state index contributed by atoms with van der Waals surface area (Å²) in [5.74, 6) is -1.29. The maximum Gasteiger partial charge on any atom is 0.308 e. The molecule has 0 aromatic heterocycles. The molecule has 1 heterocycles. The zero-order chi connectivity index (χ0) is 13.1. The Hall–Kier alpha value is -1.59. The Morgan fingerprint density at radius 3 is 2.83 bits per heavy atom. The van der Waals surface area contributed by atoms with Gasteiger partial charge in [0.05, 0.1) is 18.6 Å². The molecule has 0 bridgehead atoms. The number of para-hydroxylation sites is 1. The van der Waals surface area contributed by atoms with Crippen molar-refractivity contribution in [3.8, 4) is 0 Å². The molecule has 0 amide bonds. The van der Waals surface area contributed by atoms with Gasteiger partial charge in [-0.2, -0.15) is 0 Å². The highest BCUT2D eigenvalue weighted by molar-refractivity contribution is 5.73. The number of carboxylic acid groups (broad SMARTS) is 1. The van der Waals surface area contributed by atoms with E-state index in [4.69, 9.17) is 10.2 Å². The van der Waals surface area contributed by atoms with E-state index in [1.807, 2.05) is 29.2 Å². The van der Waals surface area contributed by atoms with Crippen LogP contribution in [0.2, 0.25) is 0 Å². The van der Waals surface area contributed by atoms with Crippen molar-refractivity contribution < 1.29 is 20.1 Å². The molecule has 5 heteroatoms. The third-order valence-corrected chi connectivity index (χ3v) is 3.23. The van der Waals surface area contributed by atoms with Crippen LogP contribution in [0.4, 0.5) is 5.69 Å². The number of carboxylic acids is 1. The fourth-order valence-corrected chi connectivity index (χ4v) is 2.34. The van der Waals surface area contributed by atoms with Crippen molar-refractivity contribution in [1.29, 1.82) is 0 Å². The van der Waals surface area contributed by atoms with Crippen LogP contribution in [-0.2, 0) is 11.2 Å². The van der Waals surface area contributed by atoms with E-state index in [2.05, 4.69) is 0 Å². The lowest BCUT2D eigenvalue weighted by Crippen LogP contribution is -2.43. The lowest BCUT2D eigenvalue weighted by atomic mass is 9.92. The van der Waals surface area contributed by atoms with Crippen LogP contribution < -0.4 is 4.90 Å². The summed E-state index contributed by atoms with van der Waals surface area (Å²) in [7, 11) is 0. The van der Waals surface area contributed by atoms with E-state index in [1.165, 1.54) is 0 Å². The Labute approximate surface area is 105 Å². The maximum atomic E-state index is 11.1. The number of benzene rings is 1. The summed E-state index contributed by atoms with van der Waals surface area (Å²) in [4.78, 5) is 13.0. The SMILES string of the molecule is O=C(O)C1Cc2ccccc2N(CC(O)CO)C1. The van der Waals surface area contributed by atoms with Gasteiger partial charge in [-0.3, -0.25) is 4.79 Å². The summed E-state index contributed by atoms with van der Waals surface area (Å²) < 4.78 is 0.